The van der Waals surface area contributed by atoms with Crippen molar-refractivity contribution in [1.82, 2.24) is 10.2 Å². The standard InChI is InChI=1S/C14H30N2/c1-6-12(7-2)16-10-14(11(4)5)15-9-13(16)8-3/h11-15H,6-10H2,1-5H3. The van der Waals surface area contributed by atoms with E-state index in [2.05, 4.69) is 44.8 Å². The maximum atomic E-state index is 3.71. The van der Waals surface area contributed by atoms with Crippen molar-refractivity contribution in [2.24, 2.45) is 5.92 Å². The zero-order valence-electron chi connectivity index (χ0n) is 11.8. The lowest BCUT2D eigenvalue weighted by Crippen LogP contribution is -2.60. The Morgan fingerprint density at radius 2 is 1.81 bits per heavy atom. The number of hydrogen-bond acceptors (Lipinski definition) is 2. The van der Waals surface area contributed by atoms with E-state index in [1.54, 1.807) is 0 Å². The van der Waals surface area contributed by atoms with Crippen molar-refractivity contribution < 1.29 is 0 Å². The van der Waals surface area contributed by atoms with Gasteiger partial charge in [0, 0.05) is 31.2 Å². The summed E-state index contributed by atoms with van der Waals surface area (Å²) in [6, 6.07) is 2.22. The molecule has 1 saturated heterocycles. The van der Waals surface area contributed by atoms with E-state index in [1.165, 1.54) is 32.4 Å². The molecule has 1 aliphatic heterocycles. The third kappa shape index (κ3) is 3.21. The number of nitrogens with one attached hydrogen (secondary N) is 1. The molecule has 16 heavy (non-hydrogen) atoms. The van der Waals surface area contributed by atoms with Crippen molar-refractivity contribution in [2.75, 3.05) is 13.1 Å². The third-order valence-electron chi connectivity index (χ3n) is 4.18. The van der Waals surface area contributed by atoms with Crippen molar-refractivity contribution >= 4 is 0 Å². The fourth-order valence-electron chi connectivity index (χ4n) is 2.88. The van der Waals surface area contributed by atoms with Crippen molar-refractivity contribution in [3.05, 3.63) is 0 Å². The molecule has 2 nitrogen and oxygen atoms in total. The SMILES string of the molecule is CCC(CC)N1CC(C(C)C)NCC1CC. The number of hydrogen-bond donors (Lipinski definition) is 1. The van der Waals surface area contributed by atoms with Crippen LogP contribution in [0.2, 0.25) is 0 Å². The molecule has 0 aromatic heterocycles. The zero-order valence-corrected chi connectivity index (χ0v) is 11.8. The molecular formula is C14H30N2. The normalized spacial score (nSPS) is 27.9. The Kier molecular flexibility index (Phi) is 5.77. The van der Waals surface area contributed by atoms with Crippen LogP contribution in [-0.4, -0.2) is 36.1 Å². The molecule has 0 aliphatic carbocycles. The summed E-state index contributed by atoms with van der Waals surface area (Å²) in [5.74, 6) is 0.745. The number of piperazine rings is 1. The number of rotatable bonds is 5. The highest BCUT2D eigenvalue weighted by Gasteiger charge is 2.31. The van der Waals surface area contributed by atoms with Crippen molar-refractivity contribution in [2.45, 2.75) is 72.0 Å². The summed E-state index contributed by atoms with van der Waals surface area (Å²) in [6.45, 7) is 14.0. The van der Waals surface area contributed by atoms with E-state index in [-0.39, 0.29) is 0 Å². The molecule has 2 atom stereocenters. The fourth-order valence-corrected chi connectivity index (χ4v) is 2.88. The molecule has 1 aliphatic rings. The van der Waals surface area contributed by atoms with Gasteiger partial charge in [0.1, 0.15) is 0 Å². The Bertz CT molecular complexity index is 180. The molecule has 0 radical (unpaired) electrons. The summed E-state index contributed by atoms with van der Waals surface area (Å²) < 4.78 is 0. The average molecular weight is 226 g/mol. The van der Waals surface area contributed by atoms with Gasteiger partial charge in [0.05, 0.1) is 0 Å². The minimum atomic E-state index is 0.684. The summed E-state index contributed by atoms with van der Waals surface area (Å²) in [7, 11) is 0. The molecule has 0 saturated carbocycles. The Hall–Kier alpha value is -0.0800. The first-order valence-corrected chi connectivity index (χ1v) is 7.13. The molecular weight excluding hydrogens is 196 g/mol. The van der Waals surface area contributed by atoms with Crippen LogP contribution in [-0.2, 0) is 0 Å². The number of nitrogens with zero attached hydrogens (tertiary/aromatic N) is 1. The first-order chi connectivity index (χ1) is 7.63. The molecule has 2 heteroatoms. The summed E-state index contributed by atoms with van der Waals surface area (Å²) in [5.41, 5.74) is 0. The van der Waals surface area contributed by atoms with Gasteiger partial charge in [0.25, 0.3) is 0 Å². The highest BCUT2D eigenvalue weighted by atomic mass is 15.3. The quantitative estimate of drug-likeness (QED) is 0.775. The van der Waals surface area contributed by atoms with Crippen LogP contribution in [0.5, 0.6) is 0 Å². The lowest BCUT2D eigenvalue weighted by molar-refractivity contribution is 0.0629. The van der Waals surface area contributed by atoms with E-state index < -0.39 is 0 Å². The maximum Gasteiger partial charge on any atom is 0.0221 e. The molecule has 96 valence electrons. The Labute approximate surface area is 102 Å². The van der Waals surface area contributed by atoms with E-state index in [9.17, 15) is 0 Å². The van der Waals surface area contributed by atoms with E-state index >= 15 is 0 Å². The molecule has 2 unspecified atom stereocenters. The second-order valence-corrected chi connectivity index (χ2v) is 5.49. The van der Waals surface area contributed by atoms with Crippen molar-refractivity contribution in [1.29, 1.82) is 0 Å². The second-order valence-electron chi connectivity index (χ2n) is 5.49. The first-order valence-electron chi connectivity index (χ1n) is 7.13. The highest BCUT2D eigenvalue weighted by molar-refractivity contribution is 4.89. The largest absolute Gasteiger partial charge is 0.311 e. The molecule has 0 spiro atoms. The van der Waals surface area contributed by atoms with Crippen LogP contribution >= 0.6 is 0 Å². The van der Waals surface area contributed by atoms with Crippen molar-refractivity contribution in [3.8, 4) is 0 Å². The van der Waals surface area contributed by atoms with Crippen LogP contribution in [0.4, 0.5) is 0 Å². The summed E-state index contributed by atoms with van der Waals surface area (Å²) >= 11 is 0. The van der Waals surface area contributed by atoms with Crippen LogP contribution in [0.15, 0.2) is 0 Å². The molecule has 0 aromatic rings. The van der Waals surface area contributed by atoms with Gasteiger partial charge in [-0.3, -0.25) is 4.90 Å². The zero-order chi connectivity index (χ0) is 12.1. The van der Waals surface area contributed by atoms with E-state index in [1.807, 2.05) is 0 Å². The predicted octanol–water partition coefficient (Wildman–Crippen LogP) is 2.88. The second kappa shape index (κ2) is 6.61. The van der Waals surface area contributed by atoms with Crippen LogP contribution < -0.4 is 5.32 Å². The summed E-state index contributed by atoms with van der Waals surface area (Å²) in [6.07, 6.45) is 3.85. The van der Waals surface area contributed by atoms with Crippen LogP contribution in [0.3, 0.4) is 0 Å². The Balaban J connectivity index is 2.66. The molecule has 0 bridgehead atoms. The minimum Gasteiger partial charge on any atom is -0.311 e. The molecule has 1 fully saturated rings. The Morgan fingerprint density at radius 3 is 2.25 bits per heavy atom. The lowest BCUT2D eigenvalue weighted by atomic mass is 9.95. The smallest absolute Gasteiger partial charge is 0.0221 e. The van der Waals surface area contributed by atoms with Gasteiger partial charge in [-0.15, -0.1) is 0 Å². The maximum absolute atomic E-state index is 3.71. The van der Waals surface area contributed by atoms with Crippen molar-refractivity contribution in [3.63, 3.8) is 0 Å². The fraction of sp³-hybridized carbons (Fsp3) is 1.00. The minimum absolute atomic E-state index is 0.684. The van der Waals surface area contributed by atoms with E-state index in [4.69, 9.17) is 0 Å². The Morgan fingerprint density at radius 1 is 1.19 bits per heavy atom. The van der Waals surface area contributed by atoms with Crippen LogP contribution in [0.1, 0.15) is 53.9 Å². The van der Waals surface area contributed by atoms with Gasteiger partial charge in [-0.25, -0.2) is 0 Å². The van der Waals surface area contributed by atoms with E-state index in [0.29, 0.717) is 6.04 Å². The molecule has 1 heterocycles. The van der Waals surface area contributed by atoms with Gasteiger partial charge in [-0.05, 0) is 25.2 Å². The third-order valence-corrected chi connectivity index (χ3v) is 4.18. The van der Waals surface area contributed by atoms with Gasteiger partial charge in [-0.2, -0.15) is 0 Å². The van der Waals surface area contributed by atoms with Gasteiger partial charge < -0.3 is 5.32 Å². The van der Waals surface area contributed by atoms with Gasteiger partial charge >= 0.3 is 0 Å². The first kappa shape index (κ1) is 14.0. The summed E-state index contributed by atoms with van der Waals surface area (Å²) in [4.78, 5) is 2.77. The van der Waals surface area contributed by atoms with E-state index in [0.717, 1.165) is 18.0 Å². The lowest BCUT2D eigenvalue weighted by Gasteiger charge is -2.45. The monoisotopic (exact) mass is 226 g/mol. The predicted molar refractivity (Wildman–Crippen MR) is 71.8 cm³/mol. The van der Waals surface area contributed by atoms with Gasteiger partial charge in [0.2, 0.25) is 0 Å². The van der Waals surface area contributed by atoms with Gasteiger partial charge in [0.15, 0.2) is 0 Å². The molecule has 0 aromatic carbocycles. The van der Waals surface area contributed by atoms with Gasteiger partial charge in [-0.1, -0.05) is 34.6 Å². The molecule has 1 rings (SSSR count). The topological polar surface area (TPSA) is 15.3 Å². The summed E-state index contributed by atoms with van der Waals surface area (Å²) in [5, 5.41) is 3.71. The average Bonchev–Trinajstić information content (AvgIpc) is 2.30. The van der Waals surface area contributed by atoms with Crippen LogP contribution in [0, 0.1) is 5.92 Å². The highest BCUT2D eigenvalue weighted by Crippen LogP contribution is 2.20. The molecule has 1 N–H and O–H groups in total. The van der Waals surface area contributed by atoms with Crippen LogP contribution in [0.25, 0.3) is 0 Å². The molecule has 0 amide bonds.